The highest BCUT2D eigenvalue weighted by Crippen LogP contribution is 2.19. The lowest BCUT2D eigenvalue weighted by atomic mass is 9.98. The van der Waals surface area contributed by atoms with E-state index in [0.29, 0.717) is 12.1 Å². The van der Waals surface area contributed by atoms with Crippen LogP contribution >= 0.6 is 0 Å². The van der Waals surface area contributed by atoms with E-state index in [1.807, 2.05) is 0 Å². The molecule has 1 heterocycles. The zero-order chi connectivity index (χ0) is 13.0. The van der Waals surface area contributed by atoms with Crippen LogP contribution in [0.5, 0.6) is 0 Å². The van der Waals surface area contributed by atoms with Crippen LogP contribution in [0.4, 0.5) is 4.39 Å². The van der Waals surface area contributed by atoms with E-state index in [9.17, 15) is 14.3 Å². The third-order valence-corrected chi connectivity index (χ3v) is 3.20. The van der Waals surface area contributed by atoms with Gasteiger partial charge in [0.25, 0.3) is 0 Å². The molecule has 2 N–H and O–H groups in total. The Bertz CT molecular complexity index is 419. The summed E-state index contributed by atoms with van der Waals surface area (Å²) < 4.78 is 13.2. The molecule has 1 aromatic carbocycles. The zero-order valence-electron chi connectivity index (χ0n) is 10.1. The first-order valence-electron chi connectivity index (χ1n) is 6.08. The number of aliphatic carboxylic acids is 1. The van der Waals surface area contributed by atoms with Gasteiger partial charge >= 0.3 is 5.97 Å². The fourth-order valence-corrected chi connectivity index (χ4v) is 2.20. The summed E-state index contributed by atoms with van der Waals surface area (Å²) in [5, 5.41) is 12.5. The van der Waals surface area contributed by atoms with Crippen molar-refractivity contribution in [2.75, 3.05) is 32.7 Å². The maximum Gasteiger partial charge on any atom is 0.312 e. The highest BCUT2D eigenvalue weighted by molar-refractivity contribution is 5.76. The van der Waals surface area contributed by atoms with Gasteiger partial charge in [-0.05, 0) is 17.7 Å². The third kappa shape index (κ3) is 3.27. The molecule has 0 bridgehead atoms. The lowest BCUT2D eigenvalue weighted by Gasteiger charge is -2.29. The Morgan fingerprint density at radius 2 is 2.17 bits per heavy atom. The molecule has 1 aliphatic heterocycles. The first-order valence-corrected chi connectivity index (χ1v) is 6.08. The molecule has 18 heavy (non-hydrogen) atoms. The quantitative estimate of drug-likeness (QED) is 0.836. The number of carboxylic acid groups (broad SMARTS) is 1. The van der Waals surface area contributed by atoms with Crippen LogP contribution in [0.15, 0.2) is 24.3 Å². The molecule has 4 nitrogen and oxygen atoms in total. The Kier molecular flexibility index (Phi) is 4.28. The van der Waals surface area contributed by atoms with Gasteiger partial charge in [0.05, 0.1) is 5.92 Å². The van der Waals surface area contributed by atoms with Crippen LogP contribution in [-0.4, -0.2) is 48.7 Å². The second-order valence-corrected chi connectivity index (χ2v) is 4.50. The fraction of sp³-hybridized carbons (Fsp3) is 0.462. The molecule has 0 saturated carbocycles. The molecule has 0 spiro atoms. The molecule has 0 radical (unpaired) electrons. The van der Waals surface area contributed by atoms with Gasteiger partial charge in [0.1, 0.15) is 5.82 Å². The number of nitrogens with zero attached hydrogens (tertiary/aromatic N) is 1. The molecule has 1 atom stereocenters. The van der Waals surface area contributed by atoms with E-state index in [4.69, 9.17) is 0 Å². The number of hydrogen-bond donors (Lipinski definition) is 2. The molecule has 1 fully saturated rings. The molecular formula is C13H17FN2O2. The SMILES string of the molecule is O=C(O)C(CN1CCNCC1)c1cccc(F)c1. The minimum Gasteiger partial charge on any atom is -0.481 e. The van der Waals surface area contributed by atoms with Gasteiger partial charge < -0.3 is 10.4 Å². The van der Waals surface area contributed by atoms with E-state index in [-0.39, 0.29) is 5.82 Å². The molecule has 5 heteroatoms. The molecule has 98 valence electrons. The van der Waals surface area contributed by atoms with Crippen LogP contribution in [-0.2, 0) is 4.79 Å². The summed E-state index contributed by atoms with van der Waals surface area (Å²) in [6.45, 7) is 3.84. The van der Waals surface area contributed by atoms with Crippen molar-refractivity contribution in [2.24, 2.45) is 0 Å². The van der Waals surface area contributed by atoms with E-state index >= 15 is 0 Å². The van der Waals surface area contributed by atoms with Gasteiger partial charge in [-0.2, -0.15) is 0 Å². The van der Waals surface area contributed by atoms with Crippen LogP contribution in [0.1, 0.15) is 11.5 Å². The topological polar surface area (TPSA) is 52.6 Å². The van der Waals surface area contributed by atoms with Crippen LogP contribution < -0.4 is 5.32 Å². The first kappa shape index (κ1) is 13.0. The minimum absolute atomic E-state index is 0.390. The average molecular weight is 252 g/mol. The minimum atomic E-state index is -0.904. The van der Waals surface area contributed by atoms with Crippen LogP contribution in [0.3, 0.4) is 0 Å². The number of piperazine rings is 1. The monoisotopic (exact) mass is 252 g/mol. The van der Waals surface area contributed by atoms with E-state index in [1.165, 1.54) is 12.1 Å². The largest absolute Gasteiger partial charge is 0.481 e. The van der Waals surface area contributed by atoms with Crippen LogP contribution in [0, 0.1) is 5.82 Å². The molecule has 1 aromatic rings. The van der Waals surface area contributed by atoms with Crippen molar-refractivity contribution in [3.8, 4) is 0 Å². The van der Waals surface area contributed by atoms with E-state index in [2.05, 4.69) is 10.2 Å². The van der Waals surface area contributed by atoms with Gasteiger partial charge in [0.2, 0.25) is 0 Å². The summed E-state index contributed by atoms with van der Waals surface area (Å²) in [4.78, 5) is 13.4. The molecule has 0 aromatic heterocycles. The summed E-state index contributed by atoms with van der Waals surface area (Å²) in [6.07, 6.45) is 0. The Hall–Kier alpha value is -1.46. The molecule has 1 aliphatic rings. The Morgan fingerprint density at radius 3 is 2.78 bits per heavy atom. The fourth-order valence-electron chi connectivity index (χ4n) is 2.20. The van der Waals surface area contributed by atoms with Gasteiger partial charge in [-0.3, -0.25) is 9.69 Å². The first-order chi connectivity index (χ1) is 8.66. The normalized spacial score (nSPS) is 18.5. The molecule has 0 aliphatic carbocycles. The smallest absolute Gasteiger partial charge is 0.312 e. The van der Waals surface area contributed by atoms with Crippen molar-refractivity contribution in [1.82, 2.24) is 10.2 Å². The number of benzene rings is 1. The molecule has 0 amide bonds. The Balaban J connectivity index is 2.10. The van der Waals surface area contributed by atoms with Gasteiger partial charge in [-0.1, -0.05) is 12.1 Å². The molecule has 2 rings (SSSR count). The van der Waals surface area contributed by atoms with Crippen molar-refractivity contribution in [3.05, 3.63) is 35.6 Å². The van der Waals surface area contributed by atoms with Crippen LogP contribution in [0.2, 0.25) is 0 Å². The summed E-state index contributed by atoms with van der Waals surface area (Å²) in [6, 6.07) is 5.86. The number of carbonyl (C=O) groups is 1. The van der Waals surface area contributed by atoms with Crippen LogP contribution in [0.25, 0.3) is 0 Å². The summed E-state index contributed by atoms with van der Waals surface area (Å²) in [7, 11) is 0. The maximum atomic E-state index is 13.2. The number of carboxylic acids is 1. The van der Waals surface area contributed by atoms with Gasteiger partial charge in [-0.15, -0.1) is 0 Å². The van der Waals surface area contributed by atoms with Crippen molar-refractivity contribution in [1.29, 1.82) is 0 Å². The lowest BCUT2D eigenvalue weighted by molar-refractivity contribution is -0.139. The van der Waals surface area contributed by atoms with Crippen molar-refractivity contribution >= 4 is 5.97 Å². The van der Waals surface area contributed by atoms with Crippen molar-refractivity contribution in [3.63, 3.8) is 0 Å². The standard InChI is InChI=1S/C13H17FN2O2/c14-11-3-1-2-10(8-11)12(13(17)18)9-16-6-4-15-5-7-16/h1-3,8,12,15H,4-7,9H2,(H,17,18). The highest BCUT2D eigenvalue weighted by atomic mass is 19.1. The van der Waals surface area contributed by atoms with Gasteiger partial charge in [0, 0.05) is 32.7 Å². The second kappa shape index (κ2) is 5.93. The van der Waals surface area contributed by atoms with Gasteiger partial charge in [0.15, 0.2) is 0 Å². The van der Waals surface area contributed by atoms with E-state index in [1.54, 1.807) is 12.1 Å². The predicted molar refractivity (Wildman–Crippen MR) is 66.1 cm³/mol. The summed E-state index contributed by atoms with van der Waals surface area (Å²) >= 11 is 0. The second-order valence-electron chi connectivity index (χ2n) is 4.50. The Morgan fingerprint density at radius 1 is 1.44 bits per heavy atom. The molecule has 1 saturated heterocycles. The van der Waals surface area contributed by atoms with Crippen molar-refractivity contribution in [2.45, 2.75) is 5.92 Å². The Labute approximate surface area is 105 Å². The molecule has 1 unspecified atom stereocenters. The van der Waals surface area contributed by atoms with E-state index in [0.717, 1.165) is 26.2 Å². The number of rotatable bonds is 4. The summed E-state index contributed by atoms with van der Waals surface area (Å²) in [5.41, 5.74) is 0.529. The number of halogens is 1. The third-order valence-electron chi connectivity index (χ3n) is 3.20. The zero-order valence-corrected chi connectivity index (χ0v) is 10.1. The lowest BCUT2D eigenvalue weighted by Crippen LogP contribution is -2.45. The molecular weight excluding hydrogens is 235 g/mol. The number of hydrogen-bond acceptors (Lipinski definition) is 3. The highest BCUT2D eigenvalue weighted by Gasteiger charge is 2.24. The van der Waals surface area contributed by atoms with Crippen molar-refractivity contribution < 1.29 is 14.3 Å². The van der Waals surface area contributed by atoms with Gasteiger partial charge in [-0.25, -0.2) is 4.39 Å². The predicted octanol–water partition coefficient (Wildman–Crippen LogP) is 0.899. The summed E-state index contributed by atoms with van der Waals surface area (Å²) in [5.74, 6) is -1.96. The average Bonchev–Trinajstić information content (AvgIpc) is 2.37. The van der Waals surface area contributed by atoms with E-state index < -0.39 is 11.9 Å². The maximum absolute atomic E-state index is 13.2. The number of nitrogens with one attached hydrogen (secondary N) is 1.